The van der Waals surface area contributed by atoms with Crippen molar-refractivity contribution < 1.29 is 32.6 Å². The average molecular weight is 405 g/mol. The maximum atomic E-state index is 13.6. The summed E-state index contributed by atoms with van der Waals surface area (Å²) in [7, 11) is 0. The fourth-order valence-electron chi connectivity index (χ4n) is 2.25. The van der Waals surface area contributed by atoms with Crippen LogP contribution in [0.25, 0.3) is 0 Å². The number of Topliss-reactive ketones (excluding diaryl/α,β-unsaturated/α-hetero) is 1. The molecule has 0 aliphatic carbocycles. The van der Waals surface area contributed by atoms with Crippen molar-refractivity contribution in [1.29, 1.82) is 0 Å². The van der Waals surface area contributed by atoms with Crippen LogP contribution in [0.15, 0.2) is 42.5 Å². The highest BCUT2D eigenvalue weighted by molar-refractivity contribution is 5.99. The summed E-state index contributed by atoms with van der Waals surface area (Å²) in [5, 5.41) is 2.58. The predicted octanol–water partition coefficient (Wildman–Crippen LogP) is 4.03. The molecule has 1 amide bonds. The first-order valence-electron chi connectivity index (χ1n) is 8.76. The molecule has 0 saturated heterocycles. The van der Waals surface area contributed by atoms with Gasteiger partial charge in [-0.05, 0) is 56.7 Å². The molecule has 154 valence electrons. The molecular formula is C21H21F2NO5. The third-order valence-corrected chi connectivity index (χ3v) is 3.59. The largest absolute Gasteiger partial charge is 0.454 e. The van der Waals surface area contributed by atoms with Crippen LogP contribution < -0.4 is 5.32 Å². The zero-order valence-electron chi connectivity index (χ0n) is 16.3. The standard InChI is InChI=1S/C21H21F2NO5/c1-21(2,3)29-20(27)24-11-13-4-6-14(7-5-13)19(26)28-12-18(25)16-10-15(22)8-9-17(16)23/h4-10H,11-12H2,1-3H3,(H,24,27). The Morgan fingerprint density at radius 1 is 1.00 bits per heavy atom. The van der Waals surface area contributed by atoms with Crippen molar-refractivity contribution in [3.8, 4) is 0 Å². The highest BCUT2D eigenvalue weighted by atomic mass is 19.1. The normalized spacial score (nSPS) is 10.9. The Kier molecular flexibility index (Phi) is 7.03. The molecule has 1 N–H and O–H groups in total. The van der Waals surface area contributed by atoms with Crippen LogP contribution in [0.4, 0.5) is 13.6 Å². The van der Waals surface area contributed by atoms with E-state index in [0.717, 1.165) is 18.2 Å². The first-order valence-corrected chi connectivity index (χ1v) is 8.76. The molecular weight excluding hydrogens is 384 g/mol. The lowest BCUT2D eigenvalue weighted by Crippen LogP contribution is -2.32. The van der Waals surface area contributed by atoms with Crippen LogP contribution in [0.1, 0.15) is 47.1 Å². The summed E-state index contributed by atoms with van der Waals surface area (Å²) in [4.78, 5) is 35.6. The van der Waals surface area contributed by atoms with Crippen molar-refractivity contribution in [3.63, 3.8) is 0 Å². The van der Waals surface area contributed by atoms with E-state index >= 15 is 0 Å². The Balaban J connectivity index is 1.88. The SMILES string of the molecule is CC(C)(C)OC(=O)NCc1ccc(C(=O)OCC(=O)c2cc(F)ccc2F)cc1. The molecule has 0 unspecified atom stereocenters. The molecule has 8 heteroatoms. The lowest BCUT2D eigenvalue weighted by molar-refractivity contribution is 0.0472. The first kappa shape index (κ1) is 22.0. The fraction of sp³-hybridized carbons (Fsp3) is 0.286. The number of nitrogens with one attached hydrogen (secondary N) is 1. The van der Waals surface area contributed by atoms with E-state index in [1.54, 1.807) is 32.9 Å². The first-order chi connectivity index (χ1) is 13.5. The van der Waals surface area contributed by atoms with Crippen LogP contribution >= 0.6 is 0 Å². The molecule has 0 aliphatic heterocycles. The van der Waals surface area contributed by atoms with E-state index in [1.165, 1.54) is 12.1 Å². The molecule has 0 aromatic heterocycles. The van der Waals surface area contributed by atoms with Gasteiger partial charge in [0, 0.05) is 6.54 Å². The molecule has 0 spiro atoms. The molecule has 0 fully saturated rings. The van der Waals surface area contributed by atoms with E-state index < -0.39 is 47.3 Å². The van der Waals surface area contributed by atoms with Gasteiger partial charge < -0.3 is 14.8 Å². The van der Waals surface area contributed by atoms with Gasteiger partial charge in [0.1, 0.15) is 17.2 Å². The van der Waals surface area contributed by atoms with Gasteiger partial charge in [-0.25, -0.2) is 18.4 Å². The highest BCUT2D eigenvalue weighted by Gasteiger charge is 2.17. The van der Waals surface area contributed by atoms with Gasteiger partial charge in [0.15, 0.2) is 6.61 Å². The molecule has 2 aromatic rings. The Morgan fingerprint density at radius 2 is 1.66 bits per heavy atom. The molecule has 29 heavy (non-hydrogen) atoms. The molecule has 0 aliphatic rings. The van der Waals surface area contributed by atoms with Crippen LogP contribution in [0, 0.1) is 11.6 Å². The van der Waals surface area contributed by atoms with Gasteiger partial charge >= 0.3 is 12.1 Å². The van der Waals surface area contributed by atoms with Crippen molar-refractivity contribution >= 4 is 17.8 Å². The third-order valence-electron chi connectivity index (χ3n) is 3.59. The molecule has 0 bridgehead atoms. The van der Waals surface area contributed by atoms with Crippen LogP contribution in [-0.4, -0.2) is 30.1 Å². The zero-order chi connectivity index (χ0) is 21.6. The van der Waals surface area contributed by atoms with Crippen LogP contribution in [0.2, 0.25) is 0 Å². The highest BCUT2D eigenvalue weighted by Crippen LogP contribution is 2.12. The van der Waals surface area contributed by atoms with Gasteiger partial charge in [-0.2, -0.15) is 0 Å². The van der Waals surface area contributed by atoms with Gasteiger partial charge in [0.05, 0.1) is 11.1 Å². The lowest BCUT2D eigenvalue weighted by atomic mass is 10.1. The quantitative estimate of drug-likeness (QED) is 0.580. The molecule has 0 saturated carbocycles. The maximum absolute atomic E-state index is 13.6. The molecule has 0 radical (unpaired) electrons. The minimum absolute atomic E-state index is 0.165. The second-order valence-electron chi connectivity index (χ2n) is 7.18. The summed E-state index contributed by atoms with van der Waals surface area (Å²) in [6.45, 7) is 4.73. The van der Waals surface area contributed by atoms with Gasteiger partial charge in [-0.15, -0.1) is 0 Å². The number of benzene rings is 2. The van der Waals surface area contributed by atoms with Crippen LogP contribution in [0.3, 0.4) is 0 Å². The van der Waals surface area contributed by atoms with E-state index in [0.29, 0.717) is 5.56 Å². The number of esters is 1. The number of ketones is 1. The predicted molar refractivity (Wildman–Crippen MR) is 100 cm³/mol. The number of carbonyl (C=O) groups excluding carboxylic acids is 3. The van der Waals surface area contributed by atoms with Crippen LogP contribution in [0.5, 0.6) is 0 Å². The van der Waals surface area contributed by atoms with Crippen molar-refractivity contribution in [1.82, 2.24) is 5.32 Å². The van der Waals surface area contributed by atoms with Gasteiger partial charge in [-0.1, -0.05) is 12.1 Å². The Morgan fingerprint density at radius 3 is 2.28 bits per heavy atom. The van der Waals surface area contributed by atoms with Crippen molar-refractivity contribution in [3.05, 3.63) is 70.8 Å². The van der Waals surface area contributed by atoms with Crippen molar-refractivity contribution in [2.24, 2.45) is 0 Å². The van der Waals surface area contributed by atoms with Gasteiger partial charge in [-0.3, -0.25) is 4.79 Å². The number of rotatable bonds is 6. The average Bonchev–Trinajstić information content (AvgIpc) is 2.65. The fourth-order valence-corrected chi connectivity index (χ4v) is 2.25. The Hall–Kier alpha value is -3.29. The summed E-state index contributed by atoms with van der Waals surface area (Å²) in [5.41, 5.74) is -0.214. The maximum Gasteiger partial charge on any atom is 0.407 e. The van der Waals surface area contributed by atoms with E-state index in [2.05, 4.69) is 5.32 Å². The smallest absolute Gasteiger partial charge is 0.407 e. The number of carbonyl (C=O) groups is 3. The monoisotopic (exact) mass is 405 g/mol. The molecule has 2 aromatic carbocycles. The van der Waals surface area contributed by atoms with E-state index in [-0.39, 0.29) is 12.1 Å². The number of hydrogen-bond donors (Lipinski definition) is 1. The number of halogens is 2. The van der Waals surface area contributed by atoms with E-state index in [9.17, 15) is 23.2 Å². The topological polar surface area (TPSA) is 81.7 Å². The molecule has 2 rings (SSSR count). The van der Waals surface area contributed by atoms with Gasteiger partial charge in [0.25, 0.3) is 0 Å². The van der Waals surface area contributed by atoms with Gasteiger partial charge in [0.2, 0.25) is 5.78 Å². The second-order valence-corrected chi connectivity index (χ2v) is 7.18. The lowest BCUT2D eigenvalue weighted by Gasteiger charge is -2.19. The summed E-state index contributed by atoms with van der Waals surface area (Å²) in [6.07, 6.45) is -0.566. The molecule has 0 atom stereocenters. The zero-order valence-corrected chi connectivity index (χ0v) is 16.3. The van der Waals surface area contributed by atoms with E-state index in [4.69, 9.17) is 9.47 Å². The number of alkyl carbamates (subject to hydrolysis) is 1. The summed E-state index contributed by atoms with van der Waals surface area (Å²) in [6, 6.07) is 8.58. The minimum atomic E-state index is -0.894. The number of amides is 1. The van der Waals surface area contributed by atoms with E-state index in [1.807, 2.05) is 0 Å². The second kappa shape index (κ2) is 9.27. The molecule has 0 heterocycles. The molecule has 6 nitrogen and oxygen atoms in total. The Bertz CT molecular complexity index is 904. The van der Waals surface area contributed by atoms with Crippen molar-refractivity contribution in [2.75, 3.05) is 6.61 Å². The Labute approximate surface area is 166 Å². The number of ether oxygens (including phenoxy) is 2. The number of hydrogen-bond acceptors (Lipinski definition) is 5. The summed E-state index contributed by atoms with van der Waals surface area (Å²) >= 11 is 0. The minimum Gasteiger partial charge on any atom is -0.454 e. The van der Waals surface area contributed by atoms with Crippen LogP contribution in [-0.2, 0) is 16.0 Å². The van der Waals surface area contributed by atoms with Crippen molar-refractivity contribution in [2.45, 2.75) is 32.9 Å². The summed E-state index contributed by atoms with van der Waals surface area (Å²) < 4.78 is 36.7. The third kappa shape index (κ3) is 6.99. The summed E-state index contributed by atoms with van der Waals surface area (Å²) in [5.74, 6) is -3.30.